The Morgan fingerprint density at radius 2 is 2.10 bits per heavy atom. The van der Waals surface area contributed by atoms with Gasteiger partial charge in [0.1, 0.15) is 24.1 Å². The van der Waals surface area contributed by atoms with Gasteiger partial charge in [0.05, 0.1) is 11.6 Å². The molecule has 1 aliphatic rings. The summed E-state index contributed by atoms with van der Waals surface area (Å²) in [6.45, 7) is 0.744. The van der Waals surface area contributed by atoms with Crippen molar-refractivity contribution in [3.05, 3.63) is 27.7 Å². The maximum Gasteiger partial charge on any atom is 0.231 e. The number of benzene rings is 1. The Morgan fingerprint density at radius 3 is 2.67 bits per heavy atom. The molecule has 1 aromatic carbocycles. The summed E-state index contributed by atoms with van der Waals surface area (Å²) in [7, 11) is 0. The molecule has 5 atom stereocenters. The minimum Gasteiger partial charge on any atom is -0.460 e. The van der Waals surface area contributed by atoms with E-state index in [2.05, 4.69) is 15.9 Å². The molecule has 21 heavy (non-hydrogen) atoms. The summed E-state index contributed by atoms with van der Waals surface area (Å²) in [6, 6.07) is 4.86. The molecule has 0 aromatic heterocycles. The molecule has 0 saturated carbocycles. The quantitative estimate of drug-likeness (QED) is 0.612. The van der Waals surface area contributed by atoms with Gasteiger partial charge in [-0.2, -0.15) is 0 Å². The summed E-state index contributed by atoms with van der Waals surface area (Å²) in [5, 5.41) is 39.5. The van der Waals surface area contributed by atoms with Crippen LogP contribution in [0, 0.1) is 0 Å². The van der Waals surface area contributed by atoms with Crippen molar-refractivity contribution in [1.82, 2.24) is 0 Å². The third-order valence-corrected chi connectivity index (χ3v) is 4.18. The number of rotatable bonds is 3. The van der Waals surface area contributed by atoms with Crippen molar-refractivity contribution in [3.8, 4) is 5.75 Å². The van der Waals surface area contributed by atoms with Crippen LogP contribution in [0.25, 0.3) is 0 Å². The Hall–Kier alpha value is -0.410. The maximum absolute atomic E-state index is 10.3. The van der Waals surface area contributed by atoms with Gasteiger partial charge in [-0.05, 0) is 25.1 Å². The molecular formula is C13H16BrClO6. The molecule has 0 amide bonds. The zero-order valence-electron chi connectivity index (χ0n) is 11.1. The summed E-state index contributed by atoms with van der Waals surface area (Å²) in [5.74, 6) is 0.241. The van der Waals surface area contributed by atoms with E-state index >= 15 is 0 Å². The molecule has 1 fully saturated rings. The average Bonchev–Trinajstić information content (AvgIpc) is 2.42. The summed E-state index contributed by atoms with van der Waals surface area (Å²) in [6.07, 6.45) is -5.33. The molecule has 6 nitrogen and oxygen atoms in total. The largest absolute Gasteiger partial charge is 0.460 e. The second-order valence-corrected chi connectivity index (χ2v) is 6.37. The SMILES string of the molecule is C[C@@]1(O)[C@@H](Oc2ccc(Br)cc2Cl)O[C@H](CO)[C@@H](O)[C@@H]1O. The van der Waals surface area contributed by atoms with Crippen LogP contribution in [0.2, 0.25) is 5.02 Å². The third-order valence-electron chi connectivity index (χ3n) is 3.39. The minimum atomic E-state index is -1.87. The number of aliphatic hydroxyl groups is 4. The molecule has 8 heteroatoms. The molecule has 0 aliphatic carbocycles. The van der Waals surface area contributed by atoms with Crippen LogP contribution in [0.3, 0.4) is 0 Å². The molecular weight excluding hydrogens is 367 g/mol. The first kappa shape index (κ1) is 17.0. The van der Waals surface area contributed by atoms with Crippen molar-refractivity contribution < 1.29 is 29.9 Å². The van der Waals surface area contributed by atoms with E-state index in [1.54, 1.807) is 18.2 Å². The Bertz CT molecular complexity index is 511. The van der Waals surface area contributed by atoms with Gasteiger partial charge in [0.25, 0.3) is 0 Å². The van der Waals surface area contributed by atoms with Gasteiger partial charge in [0.2, 0.25) is 6.29 Å². The van der Waals surface area contributed by atoms with Gasteiger partial charge in [0, 0.05) is 4.47 Å². The van der Waals surface area contributed by atoms with Crippen LogP contribution >= 0.6 is 27.5 Å². The standard InChI is InChI=1S/C13H16BrClO6/c1-13(19)11(18)10(17)9(5-16)21-12(13)20-8-3-2-6(14)4-7(8)15/h2-4,9-12,16-19H,5H2,1H3/t9-,10-,11+,12+,13+/m1/s1. The van der Waals surface area contributed by atoms with Crippen molar-refractivity contribution in [2.24, 2.45) is 0 Å². The first-order valence-corrected chi connectivity index (χ1v) is 7.41. The highest BCUT2D eigenvalue weighted by Crippen LogP contribution is 2.34. The monoisotopic (exact) mass is 382 g/mol. The predicted molar refractivity (Wildman–Crippen MR) is 78.2 cm³/mol. The lowest BCUT2D eigenvalue weighted by Crippen LogP contribution is -2.66. The predicted octanol–water partition coefficient (Wildman–Crippen LogP) is 0.671. The summed E-state index contributed by atoms with van der Waals surface area (Å²) in [4.78, 5) is 0. The molecule has 1 heterocycles. The van der Waals surface area contributed by atoms with Crippen LogP contribution in [0.15, 0.2) is 22.7 Å². The van der Waals surface area contributed by atoms with Crippen molar-refractivity contribution in [1.29, 1.82) is 0 Å². The van der Waals surface area contributed by atoms with Gasteiger partial charge in [-0.25, -0.2) is 0 Å². The van der Waals surface area contributed by atoms with Crippen LogP contribution in [0.1, 0.15) is 6.92 Å². The number of ether oxygens (including phenoxy) is 2. The van der Waals surface area contributed by atoms with Gasteiger partial charge in [-0.1, -0.05) is 27.5 Å². The highest BCUT2D eigenvalue weighted by molar-refractivity contribution is 9.10. The molecule has 1 aliphatic heterocycles. The highest BCUT2D eigenvalue weighted by Gasteiger charge is 2.53. The van der Waals surface area contributed by atoms with Gasteiger partial charge in [-0.3, -0.25) is 0 Å². The number of hydrogen-bond donors (Lipinski definition) is 4. The fourth-order valence-electron chi connectivity index (χ4n) is 2.05. The van der Waals surface area contributed by atoms with Gasteiger partial charge >= 0.3 is 0 Å². The highest BCUT2D eigenvalue weighted by atomic mass is 79.9. The average molecular weight is 384 g/mol. The van der Waals surface area contributed by atoms with E-state index in [0.717, 1.165) is 4.47 Å². The first-order chi connectivity index (χ1) is 9.77. The Morgan fingerprint density at radius 1 is 1.43 bits per heavy atom. The topological polar surface area (TPSA) is 99.4 Å². The molecule has 1 aromatic rings. The number of halogens is 2. The third kappa shape index (κ3) is 3.34. The van der Waals surface area contributed by atoms with E-state index < -0.39 is 36.8 Å². The summed E-state index contributed by atoms with van der Waals surface area (Å²) < 4.78 is 11.6. The Labute approximate surface area is 135 Å². The normalized spacial score (nSPS) is 36.5. The van der Waals surface area contributed by atoms with Crippen LogP contribution < -0.4 is 4.74 Å². The number of aliphatic hydroxyl groups excluding tert-OH is 3. The molecule has 118 valence electrons. The fraction of sp³-hybridized carbons (Fsp3) is 0.538. The second kappa shape index (κ2) is 6.37. The second-order valence-electron chi connectivity index (χ2n) is 5.04. The lowest BCUT2D eigenvalue weighted by Gasteiger charge is -2.45. The molecule has 2 rings (SSSR count). The summed E-state index contributed by atoms with van der Waals surface area (Å²) in [5.41, 5.74) is -1.87. The molecule has 1 saturated heterocycles. The van der Waals surface area contributed by atoms with Crippen molar-refractivity contribution in [2.75, 3.05) is 6.61 Å². The van der Waals surface area contributed by atoms with Gasteiger partial charge < -0.3 is 29.9 Å². The molecule has 0 unspecified atom stereocenters. The van der Waals surface area contributed by atoms with E-state index in [-0.39, 0.29) is 10.8 Å². The van der Waals surface area contributed by atoms with E-state index in [4.69, 9.17) is 26.2 Å². The molecule has 4 N–H and O–H groups in total. The summed E-state index contributed by atoms with van der Waals surface area (Å²) >= 11 is 9.28. The lowest BCUT2D eigenvalue weighted by molar-refractivity contribution is -0.314. The molecule has 0 spiro atoms. The molecule has 0 bridgehead atoms. The van der Waals surface area contributed by atoms with Crippen LogP contribution in [0.5, 0.6) is 5.75 Å². The fourth-order valence-corrected chi connectivity index (χ4v) is 2.77. The van der Waals surface area contributed by atoms with E-state index in [1.807, 2.05) is 0 Å². The maximum atomic E-state index is 10.3. The Balaban J connectivity index is 2.24. The van der Waals surface area contributed by atoms with Crippen LogP contribution in [0.4, 0.5) is 0 Å². The van der Waals surface area contributed by atoms with Crippen molar-refractivity contribution >= 4 is 27.5 Å². The van der Waals surface area contributed by atoms with Crippen molar-refractivity contribution in [2.45, 2.75) is 37.1 Å². The van der Waals surface area contributed by atoms with Crippen LogP contribution in [-0.2, 0) is 4.74 Å². The molecule has 0 radical (unpaired) electrons. The van der Waals surface area contributed by atoms with Gasteiger partial charge in [0.15, 0.2) is 5.60 Å². The van der Waals surface area contributed by atoms with Crippen LogP contribution in [-0.4, -0.2) is 57.2 Å². The first-order valence-electron chi connectivity index (χ1n) is 6.24. The van der Waals surface area contributed by atoms with E-state index in [9.17, 15) is 15.3 Å². The Kier molecular flexibility index (Phi) is 5.15. The van der Waals surface area contributed by atoms with E-state index in [0.29, 0.717) is 0 Å². The minimum absolute atomic E-state index is 0.241. The lowest BCUT2D eigenvalue weighted by atomic mass is 9.88. The van der Waals surface area contributed by atoms with Crippen molar-refractivity contribution in [3.63, 3.8) is 0 Å². The zero-order valence-corrected chi connectivity index (χ0v) is 13.5. The number of hydrogen-bond acceptors (Lipinski definition) is 6. The zero-order chi connectivity index (χ0) is 15.8. The van der Waals surface area contributed by atoms with Gasteiger partial charge in [-0.15, -0.1) is 0 Å². The smallest absolute Gasteiger partial charge is 0.231 e. The van der Waals surface area contributed by atoms with E-state index in [1.165, 1.54) is 6.92 Å².